The van der Waals surface area contributed by atoms with Gasteiger partial charge in [-0.25, -0.2) is 9.97 Å². The van der Waals surface area contributed by atoms with Gasteiger partial charge in [0.1, 0.15) is 12.1 Å². The molecule has 1 aliphatic rings. The van der Waals surface area contributed by atoms with Crippen LogP contribution in [0.2, 0.25) is 0 Å². The molecule has 3 rings (SSSR count). The highest BCUT2D eigenvalue weighted by Gasteiger charge is 2.35. The van der Waals surface area contributed by atoms with E-state index in [-0.39, 0.29) is 11.9 Å². The summed E-state index contributed by atoms with van der Waals surface area (Å²) in [6.07, 6.45) is 6.76. The minimum atomic E-state index is -0.576. The number of nitrogens with zero attached hydrogens (tertiary/aromatic N) is 4. The normalized spacial score (nSPS) is 15.4. The first kappa shape index (κ1) is 19.1. The fourth-order valence-electron chi connectivity index (χ4n) is 3.33. The lowest BCUT2D eigenvalue weighted by molar-refractivity contribution is -0.137. The number of carbonyl (C=O) groups is 1. The molecule has 3 heterocycles. The van der Waals surface area contributed by atoms with Gasteiger partial charge in [-0.2, -0.15) is 0 Å². The second-order valence-electron chi connectivity index (χ2n) is 7.25. The molecular formula is C20H27N5O2. The zero-order chi connectivity index (χ0) is 19.3. The van der Waals surface area contributed by atoms with E-state index in [0.29, 0.717) is 12.5 Å². The van der Waals surface area contributed by atoms with Crippen molar-refractivity contribution in [1.29, 1.82) is 0 Å². The van der Waals surface area contributed by atoms with Crippen LogP contribution in [0.15, 0.2) is 36.9 Å². The first-order valence-electron chi connectivity index (χ1n) is 9.42. The molecule has 1 amide bonds. The van der Waals surface area contributed by atoms with Gasteiger partial charge in [-0.3, -0.25) is 9.78 Å². The van der Waals surface area contributed by atoms with Crippen LogP contribution < -0.4 is 10.1 Å². The van der Waals surface area contributed by atoms with Crippen molar-refractivity contribution < 1.29 is 9.53 Å². The number of anilines is 1. The molecule has 1 fully saturated rings. The number of rotatable bonds is 6. The maximum Gasteiger partial charge on any atom is 0.232 e. The first-order chi connectivity index (χ1) is 13.0. The summed E-state index contributed by atoms with van der Waals surface area (Å²) in [4.78, 5) is 27.5. The average Bonchev–Trinajstić information content (AvgIpc) is 2.69. The highest BCUT2D eigenvalue weighted by atomic mass is 16.5. The molecule has 0 radical (unpaired) electrons. The van der Waals surface area contributed by atoms with Crippen LogP contribution in [0.1, 0.15) is 39.2 Å². The van der Waals surface area contributed by atoms with Crippen molar-refractivity contribution in [1.82, 2.24) is 19.9 Å². The second-order valence-corrected chi connectivity index (χ2v) is 7.25. The molecule has 0 unspecified atom stereocenters. The molecule has 1 saturated heterocycles. The SMILES string of the molecule is CCOc1cc(NC2CCN(C(=O)C(C)(C)c3cccnc3)CC2)ncn1. The average molecular weight is 369 g/mol. The molecule has 0 spiro atoms. The Morgan fingerprint density at radius 1 is 1.33 bits per heavy atom. The topological polar surface area (TPSA) is 80.2 Å². The lowest BCUT2D eigenvalue weighted by atomic mass is 9.83. The number of carbonyl (C=O) groups excluding carboxylic acids is 1. The summed E-state index contributed by atoms with van der Waals surface area (Å²) in [5.74, 6) is 1.48. The highest BCUT2D eigenvalue weighted by molar-refractivity contribution is 5.87. The fraction of sp³-hybridized carbons (Fsp3) is 0.500. The molecule has 0 atom stereocenters. The Morgan fingerprint density at radius 2 is 2.11 bits per heavy atom. The van der Waals surface area contributed by atoms with Gasteiger partial charge in [0.05, 0.1) is 12.0 Å². The molecule has 0 aromatic carbocycles. The van der Waals surface area contributed by atoms with Crippen LogP contribution in [-0.2, 0) is 10.2 Å². The van der Waals surface area contributed by atoms with Crippen LogP contribution in [0.5, 0.6) is 5.88 Å². The fourth-order valence-corrected chi connectivity index (χ4v) is 3.33. The van der Waals surface area contributed by atoms with Gasteiger partial charge in [0.25, 0.3) is 0 Å². The van der Waals surface area contributed by atoms with Crippen molar-refractivity contribution in [3.05, 3.63) is 42.5 Å². The lowest BCUT2D eigenvalue weighted by Gasteiger charge is -2.37. The number of hydrogen-bond acceptors (Lipinski definition) is 6. The van der Waals surface area contributed by atoms with Gasteiger partial charge in [-0.1, -0.05) is 6.07 Å². The van der Waals surface area contributed by atoms with Crippen molar-refractivity contribution in [3.8, 4) is 5.88 Å². The summed E-state index contributed by atoms with van der Waals surface area (Å²) in [5.41, 5.74) is 0.368. The smallest absolute Gasteiger partial charge is 0.232 e. The second kappa shape index (κ2) is 8.33. The predicted molar refractivity (Wildman–Crippen MR) is 104 cm³/mol. The number of hydrogen-bond donors (Lipinski definition) is 1. The van der Waals surface area contributed by atoms with E-state index in [0.717, 1.165) is 37.3 Å². The van der Waals surface area contributed by atoms with Crippen LogP contribution in [0.25, 0.3) is 0 Å². The molecule has 1 aliphatic heterocycles. The standard InChI is InChI=1S/C20H27N5O2/c1-4-27-18-12-17(22-14-23-18)24-16-7-10-25(11-8-16)19(26)20(2,3)15-6-5-9-21-13-15/h5-6,9,12-14,16H,4,7-8,10-11H2,1-3H3,(H,22,23,24). The van der Waals surface area contributed by atoms with E-state index in [9.17, 15) is 4.79 Å². The molecule has 0 saturated carbocycles. The maximum atomic E-state index is 13.0. The van der Waals surface area contributed by atoms with Crippen molar-refractivity contribution in [2.24, 2.45) is 0 Å². The molecule has 0 bridgehead atoms. The van der Waals surface area contributed by atoms with E-state index in [1.54, 1.807) is 12.4 Å². The number of ether oxygens (including phenoxy) is 1. The van der Waals surface area contributed by atoms with Crippen molar-refractivity contribution in [2.45, 2.75) is 45.1 Å². The summed E-state index contributed by atoms with van der Waals surface area (Å²) in [5, 5.41) is 3.43. The van der Waals surface area contributed by atoms with Crippen LogP contribution in [-0.4, -0.2) is 51.5 Å². The third-order valence-corrected chi connectivity index (χ3v) is 4.99. The van der Waals surface area contributed by atoms with Gasteiger partial charge in [0, 0.05) is 37.6 Å². The maximum absolute atomic E-state index is 13.0. The predicted octanol–water partition coefficient (Wildman–Crippen LogP) is 2.65. The van der Waals surface area contributed by atoms with E-state index >= 15 is 0 Å². The van der Waals surface area contributed by atoms with Gasteiger partial charge >= 0.3 is 0 Å². The van der Waals surface area contributed by atoms with E-state index in [2.05, 4.69) is 20.3 Å². The van der Waals surface area contributed by atoms with E-state index in [1.165, 1.54) is 6.33 Å². The zero-order valence-corrected chi connectivity index (χ0v) is 16.2. The van der Waals surface area contributed by atoms with E-state index in [1.807, 2.05) is 43.9 Å². The summed E-state index contributed by atoms with van der Waals surface area (Å²) in [7, 11) is 0. The number of piperidine rings is 1. The van der Waals surface area contributed by atoms with Crippen LogP contribution in [0, 0.1) is 0 Å². The first-order valence-corrected chi connectivity index (χ1v) is 9.42. The zero-order valence-electron chi connectivity index (χ0n) is 16.2. The Labute approximate surface area is 160 Å². The van der Waals surface area contributed by atoms with Gasteiger partial charge in [-0.15, -0.1) is 0 Å². The largest absolute Gasteiger partial charge is 0.478 e. The molecule has 7 heteroatoms. The quantitative estimate of drug-likeness (QED) is 0.843. The molecule has 1 N–H and O–H groups in total. The Bertz CT molecular complexity index is 758. The van der Waals surface area contributed by atoms with Crippen molar-refractivity contribution in [2.75, 3.05) is 25.0 Å². The van der Waals surface area contributed by atoms with Gasteiger partial charge in [0.2, 0.25) is 11.8 Å². The van der Waals surface area contributed by atoms with Crippen LogP contribution in [0.3, 0.4) is 0 Å². The van der Waals surface area contributed by atoms with Crippen LogP contribution >= 0.6 is 0 Å². The number of nitrogens with one attached hydrogen (secondary N) is 1. The number of aromatic nitrogens is 3. The number of amides is 1. The summed E-state index contributed by atoms with van der Waals surface area (Å²) >= 11 is 0. The van der Waals surface area contributed by atoms with Gasteiger partial charge < -0.3 is 15.0 Å². The Balaban J connectivity index is 1.57. The Kier molecular flexibility index (Phi) is 5.88. The minimum absolute atomic E-state index is 0.148. The molecule has 7 nitrogen and oxygen atoms in total. The molecule has 144 valence electrons. The molecule has 27 heavy (non-hydrogen) atoms. The summed E-state index contributed by atoms with van der Waals surface area (Å²) in [6, 6.07) is 5.93. The monoisotopic (exact) mass is 369 g/mol. The third-order valence-electron chi connectivity index (χ3n) is 4.99. The Hall–Kier alpha value is -2.70. The summed E-state index contributed by atoms with van der Waals surface area (Å²) < 4.78 is 5.41. The number of pyridine rings is 1. The minimum Gasteiger partial charge on any atom is -0.478 e. The molecule has 2 aromatic rings. The Morgan fingerprint density at radius 3 is 2.78 bits per heavy atom. The van der Waals surface area contributed by atoms with Gasteiger partial charge in [0.15, 0.2) is 0 Å². The number of likely N-dealkylation sites (tertiary alicyclic amines) is 1. The third kappa shape index (κ3) is 4.53. The summed E-state index contributed by atoms with van der Waals surface area (Å²) in [6.45, 7) is 7.88. The van der Waals surface area contributed by atoms with Crippen LogP contribution in [0.4, 0.5) is 5.82 Å². The van der Waals surface area contributed by atoms with E-state index < -0.39 is 5.41 Å². The molecule has 2 aromatic heterocycles. The molecule has 0 aliphatic carbocycles. The van der Waals surface area contributed by atoms with Crippen molar-refractivity contribution in [3.63, 3.8) is 0 Å². The van der Waals surface area contributed by atoms with E-state index in [4.69, 9.17) is 4.74 Å². The molecular weight excluding hydrogens is 342 g/mol. The highest BCUT2D eigenvalue weighted by Crippen LogP contribution is 2.27. The van der Waals surface area contributed by atoms with Crippen molar-refractivity contribution >= 4 is 11.7 Å². The van der Waals surface area contributed by atoms with Gasteiger partial charge in [-0.05, 0) is 45.2 Å². The lowest BCUT2D eigenvalue weighted by Crippen LogP contribution is -2.49.